The molecular weight excluding hydrogens is 326 g/mol. The van der Waals surface area contributed by atoms with Gasteiger partial charge in [-0.2, -0.15) is 0 Å². The normalized spacial score (nSPS) is 33.2. The molecule has 0 aromatic heterocycles. The first-order valence-corrected chi connectivity index (χ1v) is 10.9. The van der Waals surface area contributed by atoms with Gasteiger partial charge < -0.3 is 15.0 Å². The van der Waals surface area contributed by atoms with Crippen molar-refractivity contribution in [2.24, 2.45) is 17.8 Å². The average molecular weight is 366 g/mol. The molecule has 3 rings (SSSR count). The summed E-state index contributed by atoms with van der Waals surface area (Å²) in [5.74, 6) is 2.30. The second-order valence-corrected chi connectivity index (χ2v) is 9.09. The van der Waals surface area contributed by atoms with Gasteiger partial charge in [-0.3, -0.25) is 9.69 Å². The molecule has 0 bridgehead atoms. The van der Waals surface area contributed by atoms with Crippen LogP contribution in [0.25, 0.3) is 0 Å². The van der Waals surface area contributed by atoms with Gasteiger partial charge >= 0.3 is 0 Å². The third kappa shape index (κ3) is 5.67. The standard InChI is InChI=1S/C21H39N3O2/c1-16(20-5-4-8-22-12-20)11-21(25)24-9-6-19(7-10-24)15-23-13-17(2)26-18(3)14-23/h16-20,22H,4-15H2,1-3H3. The molecule has 0 aromatic carbocycles. The zero-order valence-electron chi connectivity index (χ0n) is 17.1. The highest BCUT2D eigenvalue weighted by Gasteiger charge is 2.29. The third-order valence-electron chi connectivity index (χ3n) is 6.62. The molecule has 0 saturated carbocycles. The molecule has 3 fully saturated rings. The minimum absolute atomic E-state index is 0.344. The lowest BCUT2D eigenvalue weighted by Crippen LogP contribution is -2.49. The van der Waals surface area contributed by atoms with Crippen molar-refractivity contribution in [1.82, 2.24) is 15.1 Å². The molecule has 3 aliphatic rings. The second kappa shape index (κ2) is 9.52. The summed E-state index contributed by atoms with van der Waals surface area (Å²) in [6.07, 6.45) is 6.27. The van der Waals surface area contributed by atoms with Gasteiger partial charge in [0.1, 0.15) is 0 Å². The Labute approximate surface area is 159 Å². The molecular formula is C21H39N3O2. The first-order valence-electron chi connectivity index (χ1n) is 10.9. The number of ether oxygens (including phenoxy) is 1. The van der Waals surface area contributed by atoms with Crippen molar-refractivity contribution >= 4 is 5.91 Å². The highest BCUT2D eigenvalue weighted by Crippen LogP contribution is 2.25. The van der Waals surface area contributed by atoms with E-state index in [0.29, 0.717) is 30.0 Å². The minimum Gasteiger partial charge on any atom is -0.373 e. The fourth-order valence-electron chi connectivity index (χ4n) is 5.10. The zero-order chi connectivity index (χ0) is 18.5. The fourth-order valence-corrected chi connectivity index (χ4v) is 5.10. The van der Waals surface area contributed by atoms with Crippen molar-refractivity contribution in [1.29, 1.82) is 0 Å². The van der Waals surface area contributed by atoms with Gasteiger partial charge in [0.2, 0.25) is 5.91 Å². The van der Waals surface area contributed by atoms with E-state index in [1.165, 1.54) is 19.4 Å². The van der Waals surface area contributed by atoms with Crippen molar-refractivity contribution in [3.8, 4) is 0 Å². The number of nitrogens with zero attached hydrogens (tertiary/aromatic N) is 2. The van der Waals surface area contributed by atoms with Gasteiger partial charge in [0.25, 0.3) is 0 Å². The lowest BCUT2D eigenvalue weighted by molar-refractivity contribution is -0.134. The summed E-state index contributed by atoms with van der Waals surface area (Å²) in [6.45, 7) is 14.0. The summed E-state index contributed by atoms with van der Waals surface area (Å²) in [5.41, 5.74) is 0. The molecule has 26 heavy (non-hydrogen) atoms. The molecule has 3 aliphatic heterocycles. The second-order valence-electron chi connectivity index (χ2n) is 9.09. The van der Waals surface area contributed by atoms with Crippen LogP contribution < -0.4 is 5.32 Å². The molecule has 3 saturated heterocycles. The Morgan fingerprint density at radius 2 is 1.85 bits per heavy atom. The van der Waals surface area contributed by atoms with Gasteiger partial charge in [-0.15, -0.1) is 0 Å². The molecule has 4 atom stereocenters. The summed E-state index contributed by atoms with van der Waals surface area (Å²) in [4.78, 5) is 17.4. The number of carbonyl (C=O) groups is 1. The van der Waals surface area contributed by atoms with Gasteiger partial charge in [-0.05, 0) is 70.4 Å². The molecule has 5 nitrogen and oxygen atoms in total. The smallest absolute Gasteiger partial charge is 0.222 e. The number of hydrogen-bond acceptors (Lipinski definition) is 4. The van der Waals surface area contributed by atoms with Crippen LogP contribution in [0.4, 0.5) is 0 Å². The van der Waals surface area contributed by atoms with Crippen molar-refractivity contribution < 1.29 is 9.53 Å². The molecule has 1 N–H and O–H groups in total. The van der Waals surface area contributed by atoms with E-state index < -0.39 is 0 Å². The van der Waals surface area contributed by atoms with Crippen molar-refractivity contribution in [3.63, 3.8) is 0 Å². The minimum atomic E-state index is 0.344. The Morgan fingerprint density at radius 3 is 2.46 bits per heavy atom. The number of morpholine rings is 1. The van der Waals surface area contributed by atoms with E-state index >= 15 is 0 Å². The summed E-state index contributed by atoms with van der Waals surface area (Å²) >= 11 is 0. The van der Waals surface area contributed by atoms with E-state index in [4.69, 9.17) is 4.74 Å². The maximum absolute atomic E-state index is 12.7. The first-order chi connectivity index (χ1) is 12.5. The van der Waals surface area contributed by atoms with E-state index in [1.54, 1.807) is 0 Å². The number of piperidine rings is 2. The number of amides is 1. The van der Waals surface area contributed by atoms with Crippen LogP contribution in [-0.4, -0.2) is 73.7 Å². The fraction of sp³-hybridized carbons (Fsp3) is 0.952. The highest BCUT2D eigenvalue weighted by molar-refractivity contribution is 5.76. The van der Waals surface area contributed by atoms with E-state index in [2.05, 4.69) is 35.9 Å². The number of hydrogen-bond donors (Lipinski definition) is 1. The van der Waals surface area contributed by atoms with Crippen LogP contribution in [0.5, 0.6) is 0 Å². The van der Waals surface area contributed by atoms with E-state index in [-0.39, 0.29) is 0 Å². The molecule has 0 aromatic rings. The number of likely N-dealkylation sites (tertiary alicyclic amines) is 1. The van der Waals surface area contributed by atoms with E-state index in [9.17, 15) is 4.79 Å². The Bertz CT molecular complexity index is 435. The first kappa shape index (κ1) is 20.1. The van der Waals surface area contributed by atoms with Gasteiger partial charge in [0.05, 0.1) is 12.2 Å². The predicted octanol–water partition coefficient (Wildman–Crippen LogP) is 2.36. The van der Waals surface area contributed by atoms with Crippen molar-refractivity contribution in [2.45, 2.75) is 65.1 Å². The predicted molar refractivity (Wildman–Crippen MR) is 105 cm³/mol. The molecule has 150 valence electrons. The summed E-state index contributed by atoms with van der Waals surface area (Å²) in [5, 5.41) is 3.48. The topological polar surface area (TPSA) is 44.8 Å². The van der Waals surface area contributed by atoms with Crippen LogP contribution in [0.15, 0.2) is 0 Å². The summed E-state index contributed by atoms with van der Waals surface area (Å²) in [6, 6.07) is 0. The van der Waals surface area contributed by atoms with Gasteiger partial charge in [-0.25, -0.2) is 0 Å². The van der Waals surface area contributed by atoms with Crippen LogP contribution in [0, 0.1) is 17.8 Å². The van der Waals surface area contributed by atoms with E-state index in [0.717, 1.165) is 64.4 Å². The average Bonchev–Trinajstić information content (AvgIpc) is 2.62. The Hall–Kier alpha value is -0.650. The van der Waals surface area contributed by atoms with Gasteiger partial charge in [0, 0.05) is 39.1 Å². The largest absolute Gasteiger partial charge is 0.373 e. The molecule has 0 spiro atoms. The Morgan fingerprint density at radius 1 is 1.15 bits per heavy atom. The van der Waals surface area contributed by atoms with Crippen molar-refractivity contribution in [3.05, 3.63) is 0 Å². The molecule has 0 radical (unpaired) electrons. The van der Waals surface area contributed by atoms with Crippen LogP contribution in [-0.2, 0) is 9.53 Å². The quantitative estimate of drug-likeness (QED) is 0.812. The third-order valence-corrected chi connectivity index (χ3v) is 6.62. The molecule has 1 amide bonds. The molecule has 0 aliphatic carbocycles. The molecule has 4 unspecified atom stereocenters. The van der Waals surface area contributed by atoms with E-state index in [1.807, 2.05) is 0 Å². The van der Waals surface area contributed by atoms with Crippen LogP contribution in [0.1, 0.15) is 52.9 Å². The highest BCUT2D eigenvalue weighted by atomic mass is 16.5. The summed E-state index contributed by atoms with van der Waals surface area (Å²) < 4.78 is 5.84. The summed E-state index contributed by atoms with van der Waals surface area (Å²) in [7, 11) is 0. The monoisotopic (exact) mass is 365 g/mol. The van der Waals surface area contributed by atoms with Crippen LogP contribution in [0.3, 0.4) is 0 Å². The Kier molecular flexibility index (Phi) is 7.35. The lowest BCUT2D eigenvalue weighted by Gasteiger charge is -2.39. The zero-order valence-corrected chi connectivity index (χ0v) is 17.1. The van der Waals surface area contributed by atoms with Crippen molar-refractivity contribution in [2.75, 3.05) is 45.8 Å². The Balaban J connectivity index is 1.38. The lowest BCUT2D eigenvalue weighted by atomic mass is 9.85. The molecule has 5 heteroatoms. The maximum atomic E-state index is 12.7. The number of carbonyl (C=O) groups excluding carboxylic acids is 1. The van der Waals surface area contributed by atoms with Crippen LogP contribution in [0.2, 0.25) is 0 Å². The van der Waals surface area contributed by atoms with Gasteiger partial charge in [0.15, 0.2) is 0 Å². The number of nitrogens with one attached hydrogen (secondary N) is 1. The molecule has 3 heterocycles. The van der Waals surface area contributed by atoms with Gasteiger partial charge in [-0.1, -0.05) is 6.92 Å². The number of rotatable bonds is 5. The SMILES string of the molecule is CC1CN(CC2CCN(C(=O)CC(C)C3CCCNC3)CC2)CC(C)O1. The maximum Gasteiger partial charge on any atom is 0.222 e. The van der Waals surface area contributed by atoms with Crippen LogP contribution >= 0.6 is 0 Å².